The average Bonchev–Trinajstić information content (AvgIpc) is 3.80. The summed E-state index contributed by atoms with van der Waals surface area (Å²) >= 11 is 0. The zero-order chi connectivity index (χ0) is 39.0. The van der Waals surface area contributed by atoms with Gasteiger partial charge in [-0.3, -0.25) is 9.69 Å². The summed E-state index contributed by atoms with van der Waals surface area (Å²) in [4.78, 5) is 21.4. The highest BCUT2D eigenvalue weighted by molar-refractivity contribution is 5.80. The fraction of sp³-hybridized carbons (Fsp3) is 0.949. The lowest BCUT2D eigenvalue weighted by Crippen LogP contribution is -2.59. The number of esters is 1. The molecule has 0 aromatic heterocycles. The third-order valence-corrected chi connectivity index (χ3v) is 12.9. The molecule has 3 N–H and O–H groups in total. The number of carbonyl (C=O) groups excluding carboxylic acids is 1. The summed E-state index contributed by atoms with van der Waals surface area (Å²) in [7, 11) is 3.16. The fourth-order valence-corrected chi connectivity index (χ4v) is 9.18. The molecule has 5 aliphatic heterocycles. The number of fused-ring (bicyclic) bond motifs is 2. The lowest BCUT2D eigenvalue weighted by Gasteiger charge is -2.48. The van der Waals surface area contributed by atoms with Crippen LogP contribution in [0.1, 0.15) is 107 Å². The van der Waals surface area contributed by atoms with Crippen LogP contribution in [0.5, 0.6) is 0 Å². The van der Waals surface area contributed by atoms with Gasteiger partial charge in [-0.25, -0.2) is 4.99 Å². The van der Waals surface area contributed by atoms with Gasteiger partial charge in [-0.2, -0.15) is 0 Å². The van der Waals surface area contributed by atoms with Crippen LogP contribution in [0.4, 0.5) is 0 Å². The smallest absolute Gasteiger partial charge is 0.311 e. The van der Waals surface area contributed by atoms with Crippen LogP contribution >= 0.6 is 0 Å². The minimum absolute atomic E-state index is 0.114. The molecule has 0 unspecified atom stereocenters. The van der Waals surface area contributed by atoms with E-state index in [1.807, 2.05) is 34.6 Å². The van der Waals surface area contributed by atoms with Gasteiger partial charge < -0.3 is 53.2 Å². The van der Waals surface area contributed by atoms with E-state index in [2.05, 4.69) is 4.90 Å². The highest BCUT2D eigenvalue weighted by Gasteiger charge is 2.53. The monoisotopic (exact) mass is 756 g/mol. The minimum Gasteiger partial charge on any atom is -0.472 e. The normalized spacial score (nSPS) is 49.2. The van der Waals surface area contributed by atoms with Gasteiger partial charge in [-0.15, -0.1) is 0 Å². The number of aliphatic hydroxyl groups excluding tert-OH is 2. The molecule has 0 radical (unpaired) electrons. The first-order valence-electron chi connectivity index (χ1n) is 19.9. The summed E-state index contributed by atoms with van der Waals surface area (Å²) in [5.74, 6) is -1.25. The fourth-order valence-electron chi connectivity index (χ4n) is 9.18. The summed E-state index contributed by atoms with van der Waals surface area (Å²) in [6, 6.07) is -0.535. The Kier molecular flexibility index (Phi) is 13.7. The average molecular weight is 757 g/mol. The summed E-state index contributed by atoms with van der Waals surface area (Å²) in [5, 5.41) is 34.7. The van der Waals surface area contributed by atoms with Crippen molar-refractivity contribution in [1.82, 2.24) is 4.90 Å². The number of methoxy groups -OCH3 is 2. The Balaban J connectivity index is 1.55. The first kappa shape index (κ1) is 42.7. The summed E-state index contributed by atoms with van der Waals surface area (Å²) in [6.45, 7) is 18.4. The van der Waals surface area contributed by atoms with Crippen molar-refractivity contribution >= 4 is 11.9 Å². The highest BCUT2D eigenvalue weighted by atomic mass is 16.7. The van der Waals surface area contributed by atoms with Crippen molar-refractivity contribution < 1.29 is 58.0 Å². The molecule has 5 aliphatic rings. The minimum atomic E-state index is -1.56. The van der Waals surface area contributed by atoms with Crippen molar-refractivity contribution in [3.05, 3.63) is 0 Å². The molecular formula is C39H68N2O12. The molecule has 0 aromatic rings. The second-order valence-corrected chi connectivity index (χ2v) is 17.0. The molecule has 0 spiro atoms. The standard InChI is InChI=1S/C39H68N2O12/c1-12-28-39(9,45)33-24(5)40-34(53-33)21(2)19-37(7,46-10)29(52-36-31(42)26(17-22(3)48-36)41-15-13-14-16-41)18-27(23(4)35(44)51-28)50-30-20-38(8,47-11)32(43)25(6)49-30/h21-33,36,42-43,45H,12-20H2,1-11H3/t21-,22-,23-,24-,25+,26+,27+,28-,29-,30+,31-,32+,33-,36+,37-,38-,39-/m1/s1. The van der Waals surface area contributed by atoms with Gasteiger partial charge in [0.1, 0.15) is 23.9 Å². The van der Waals surface area contributed by atoms with Gasteiger partial charge in [0.15, 0.2) is 24.6 Å². The molecule has 4 saturated heterocycles. The molecule has 14 nitrogen and oxygen atoms in total. The number of aliphatic hydroxyl groups is 3. The first-order chi connectivity index (χ1) is 24.9. The van der Waals surface area contributed by atoms with Gasteiger partial charge in [-0.1, -0.05) is 13.8 Å². The highest BCUT2D eigenvalue weighted by Crippen LogP contribution is 2.41. The zero-order valence-corrected chi connectivity index (χ0v) is 33.9. The van der Waals surface area contributed by atoms with E-state index in [9.17, 15) is 20.1 Å². The maximum Gasteiger partial charge on any atom is 0.311 e. The van der Waals surface area contributed by atoms with E-state index >= 15 is 0 Å². The number of likely N-dealkylation sites (tertiary alicyclic amines) is 1. The van der Waals surface area contributed by atoms with Crippen LogP contribution in [0.3, 0.4) is 0 Å². The van der Waals surface area contributed by atoms with Gasteiger partial charge in [0.25, 0.3) is 0 Å². The maximum atomic E-state index is 14.2. The van der Waals surface area contributed by atoms with E-state index in [1.54, 1.807) is 41.9 Å². The summed E-state index contributed by atoms with van der Waals surface area (Å²) < 4.78 is 50.8. The molecule has 17 atom stereocenters. The van der Waals surface area contributed by atoms with E-state index in [0.29, 0.717) is 25.2 Å². The number of hydrogen-bond acceptors (Lipinski definition) is 14. The van der Waals surface area contributed by atoms with E-state index in [0.717, 1.165) is 25.9 Å². The molecule has 0 aliphatic carbocycles. The predicted octanol–water partition coefficient (Wildman–Crippen LogP) is 3.35. The van der Waals surface area contributed by atoms with Crippen LogP contribution in [-0.4, -0.2) is 150 Å². The second kappa shape index (κ2) is 17.0. The largest absolute Gasteiger partial charge is 0.472 e. The van der Waals surface area contributed by atoms with Crippen LogP contribution in [0, 0.1) is 11.8 Å². The Hall–Kier alpha value is -1.46. The maximum absolute atomic E-state index is 14.2. The van der Waals surface area contributed by atoms with E-state index < -0.39 is 90.0 Å². The SMILES string of the molecule is CC[C@H]1OC(=O)[C@H](C)[C@@H](O[C@H]2C[C@@](C)(OC)[C@@H](O)[C@H](C)O2)C[C@@H](O[C@@H]2O[C@H](C)C[C@H](N3CCCC3)[C@H]2O)[C@](C)(OC)C[C@@H](C)C2=N[C@H](C)[C@@H](O2)[C@]1(C)O. The molecular weight excluding hydrogens is 688 g/mol. The van der Waals surface area contributed by atoms with Crippen LogP contribution in [0.2, 0.25) is 0 Å². The number of cyclic esters (lactones) is 1. The molecule has 14 heteroatoms. The Labute approximate surface area is 316 Å². The third-order valence-electron chi connectivity index (χ3n) is 12.9. The van der Waals surface area contributed by atoms with Crippen molar-refractivity contribution in [3.8, 4) is 0 Å². The Morgan fingerprint density at radius 3 is 2.19 bits per heavy atom. The second-order valence-electron chi connectivity index (χ2n) is 17.0. The van der Waals surface area contributed by atoms with E-state index in [1.165, 1.54) is 0 Å². The number of nitrogens with zero attached hydrogens (tertiary/aromatic N) is 2. The van der Waals surface area contributed by atoms with Gasteiger partial charge in [0.05, 0.1) is 47.6 Å². The van der Waals surface area contributed by atoms with Gasteiger partial charge >= 0.3 is 5.97 Å². The molecule has 0 saturated carbocycles. The summed E-state index contributed by atoms with van der Waals surface area (Å²) in [5.41, 5.74) is -3.56. The lowest BCUT2D eigenvalue weighted by atomic mass is 9.83. The topological polar surface area (TPSA) is 167 Å². The van der Waals surface area contributed by atoms with Gasteiger partial charge in [0, 0.05) is 39.0 Å². The number of rotatable bonds is 8. The molecule has 5 rings (SSSR count). The lowest BCUT2D eigenvalue weighted by molar-refractivity contribution is -0.309. The van der Waals surface area contributed by atoms with Crippen molar-refractivity contribution in [2.45, 2.75) is 198 Å². The van der Waals surface area contributed by atoms with Crippen LogP contribution in [-0.2, 0) is 42.7 Å². The first-order valence-corrected chi connectivity index (χ1v) is 19.9. The van der Waals surface area contributed by atoms with Crippen molar-refractivity contribution in [1.29, 1.82) is 0 Å². The number of aliphatic imine (C=N–C) groups is 1. The van der Waals surface area contributed by atoms with Gasteiger partial charge in [-0.05, 0) is 93.7 Å². The molecule has 2 bridgehead atoms. The Morgan fingerprint density at radius 1 is 0.906 bits per heavy atom. The van der Waals surface area contributed by atoms with Crippen molar-refractivity contribution in [2.24, 2.45) is 16.8 Å². The molecule has 306 valence electrons. The van der Waals surface area contributed by atoms with E-state index in [4.69, 9.17) is 42.9 Å². The zero-order valence-electron chi connectivity index (χ0n) is 33.9. The van der Waals surface area contributed by atoms with Crippen molar-refractivity contribution in [3.63, 3.8) is 0 Å². The quantitative estimate of drug-likeness (QED) is 0.309. The molecule has 5 heterocycles. The number of carbonyl (C=O) groups is 1. The molecule has 0 amide bonds. The molecule has 4 fully saturated rings. The van der Waals surface area contributed by atoms with Gasteiger partial charge in [0.2, 0.25) is 0 Å². The van der Waals surface area contributed by atoms with E-state index in [-0.39, 0.29) is 30.9 Å². The Bertz CT molecular complexity index is 1260. The van der Waals surface area contributed by atoms with Crippen LogP contribution in [0.25, 0.3) is 0 Å². The molecule has 53 heavy (non-hydrogen) atoms. The van der Waals surface area contributed by atoms with Crippen LogP contribution in [0.15, 0.2) is 4.99 Å². The molecule has 0 aromatic carbocycles. The number of ether oxygens (including phenoxy) is 8. The third kappa shape index (κ3) is 8.92. The van der Waals surface area contributed by atoms with Crippen molar-refractivity contribution in [2.75, 3.05) is 27.3 Å². The van der Waals surface area contributed by atoms with Crippen LogP contribution < -0.4 is 0 Å². The Morgan fingerprint density at radius 2 is 1.57 bits per heavy atom. The number of hydrogen-bond donors (Lipinski definition) is 3. The summed E-state index contributed by atoms with van der Waals surface area (Å²) in [6.07, 6.45) is -3.90. The predicted molar refractivity (Wildman–Crippen MR) is 195 cm³/mol.